The van der Waals surface area contributed by atoms with Crippen LogP contribution in [0.15, 0.2) is 36.4 Å². The standard InChI is InChI=1S/C24H20O6/c25-20-14-8-6-10-16(18(14)22(27)29-20)24(12-4-2-1-3-5-13-24)17-11-7-9-15-19(17)23(28)30-21(15)26/h6-11H,1-5,12-13H2. The van der Waals surface area contributed by atoms with Crippen LogP contribution in [0.1, 0.15) is 97.5 Å². The van der Waals surface area contributed by atoms with Gasteiger partial charge >= 0.3 is 23.9 Å². The number of hydrogen-bond donors (Lipinski definition) is 0. The van der Waals surface area contributed by atoms with Gasteiger partial charge in [0.15, 0.2) is 0 Å². The molecule has 5 rings (SSSR count). The minimum Gasteiger partial charge on any atom is -0.386 e. The second kappa shape index (κ2) is 6.90. The van der Waals surface area contributed by atoms with Crippen molar-refractivity contribution >= 4 is 23.9 Å². The molecule has 0 bridgehead atoms. The van der Waals surface area contributed by atoms with E-state index in [4.69, 9.17) is 9.47 Å². The van der Waals surface area contributed by atoms with Gasteiger partial charge in [-0.05, 0) is 36.1 Å². The van der Waals surface area contributed by atoms with Crippen molar-refractivity contribution in [2.24, 2.45) is 0 Å². The third-order valence-electron chi connectivity index (χ3n) is 6.59. The van der Waals surface area contributed by atoms with Gasteiger partial charge < -0.3 is 9.47 Å². The average Bonchev–Trinajstić information content (AvgIpc) is 3.18. The van der Waals surface area contributed by atoms with E-state index in [1.165, 1.54) is 0 Å². The van der Waals surface area contributed by atoms with Crippen LogP contribution in [-0.2, 0) is 14.9 Å². The molecule has 152 valence electrons. The fourth-order valence-electron chi connectivity index (χ4n) is 5.26. The van der Waals surface area contributed by atoms with Crippen molar-refractivity contribution in [3.05, 3.63) is 69.8 Å². The Morgan fingerprint density at radius 2 is 1.00 bits per heavy atom. The van der Waals surface area contributed by atoms with Crippen LogP contribution >= 0.6 is 0 Å². The van der Waals surface area contributed by atoms with Crippen LogP contribution in [0.4, 0.5) is 0 Å². The SMILES string of the molecule is O=C1OC(=O)c2c1cccc2C1(c2cccc3c2C(=O)OC3=O)CCCCCCC1. The van der Waals surface area contributed by atoms with Gasteiger partial charge in [-0.25, -0.2) is 19.2 Å². The van der Waals surface area contributed by atoms with Crippen molar-refractivity contribution in [1.29, 1.82) is 0 Å². The summed E-state index contributed by atoms with van der Waals surface area (Å²) in [6, 6.07) is 10.4. The number of ether oxygens (including phenoxy) is 2. The van der Waals surface area contributed by atoms with Gasteiger partial charge in [-0.2, -0.15) is 0 Å². The normalized spacial score (nSPS) is 20.1. The predicted octanol–water partition coefficient (Wildman–Crippen LogP) is 4.34. The van der Waals surface area contributed by atoms with Gasteiger partial charge in [-0.3, -0.25) is 0 Å². The monoisotopic (exact) mass is 404 g/mol. The first-order chi connectivity index (χ1) is 14.5. The maximum Gasteiger partial charge on any atom is 0.347 e. The summed E-state index contributed by atoms with van der Waals surface area (Å²) in [4.78, 5) is 49.6. The molecule has 3 aliphatic rings. The summed E-state index contributed by atoms with van der Waals surface area (Å²) < 4.78 is 9.81. The molecule has 0 unspecified atom stereocenters. The maximum atomic E-state index is 12.6. The molecule has 0 saturated heterocycles. The molecule has 6 heteroatoms. The van der Waals surface area contributed by atoms with Crippen molar-refractivity contribution in [3.63, 3.8) is 0 Å². The largest absolute Gasteiger partial charge is 0.386 e. The number of benzene rings is 2. The Morgan fingerprint density at radius 3 is 1.47 bits per heavy atom. The number of hydrogen-bond acceptors (Lipinski definition) is 6. The molecular formula is C24H20O6. The Labute approximate surface area is 173 Å². The summed E-state index contributed by atoms with van der Waals surface area (Å²) in [6.45, 7) is 0. The maximum absolute atomic E-state index is 12.6. The van der Waals surface area contributed by atoms with Crippen molar-refractivity contribution in [2.75, 3.05) is 0 Å². The van der Waals surface area contributed by atoms with Crippen molar-refractivity contribution in [1.82, 2.24) is 0 Å². The first-order valence-corrected chi connectivity index (χ1v) is 10.3. The molecule has 2 aromatic carbocycles. The Kier molecular flexibility index (Phi) is 4.31. The summed E-state index contributed by atoms with van der Waals surface area (Å²) in [5.74, 6) is -2.60. The zero-order valence-electron chi connectivity index (χ0n) is 16.4. The summed E-state index contributed by atoms with van der Waals surface area (Å²) in [7, 11) is 0. The van der Waals surface area contributed by atoms with E-state index in [0.29, 0.717) is 24.0 Å². The second-order valence-electron chi connectivity index (χ2n) is 8.16. The van der Waals surface area contributed by atoms with E-state index in [9.17, 15) is 19.2 Å². The highest BCUT2D eigenvalue weighted by molar-refractivity contribution is 6.17. The number of rotatable bonds is 2. The van der Waals surface area contributed by atoms with Gasteiger partial charge in [0.25, 0.3) is 0 Å². The molecule has 0 atom stereocenters. The molecule has 30 heavy (non-hydrogen) atoms. The lowest BCUT2D eigenvalue weighted by molar-refractivity contribution is 0.0426. The lowest BCUT2D eigenvalue weighted by Gasteiger charge is -2.38. The number of cyclic esters (lactones) is 4. The molecule has 0 radical (unpaired) electrons. The Bertz CT molecular complexity index is 1030. The van der Waals surface area contributed by atoms with Crippen LogP contribution in [0, 0.1) is 0 Å². The van der Waals surface area contributed by atoms with E-state index in [2.05, 4.69) is 0 Å². The van der Waals surface area contributed by atoms with Crippen molar-refractivity contribution in [3.8, 4) is 0 Å². The molecule has 0 N–H and O–H groups in total. The molecule has 1 aliphatic carbocycles. The molecular weight excluding hydrogens is 384 g/mol. The molecule has 1 fully saturated rings. The van der Waals surface area contributed by atoms with E-state index in [1.54, 1.807) is 24.3 Å². The van der Waals surface area contributed by atoms with Crippen LogP contribution < -0.4 is 0 Å². The van der Waals surface area contributed by atoms with Crippen LogP contribution in [-0.4, -0.2) is 23.9 Å². The van der Waals surface area contributed by atoms with E-state index in [1.807, 2.05) is 12.1 Å². The molecule has 2 heterocycles. The van der Waals surface area contributed by atoms with E-state index in [0.717, 1.165) is 32.1 Å². The fourth-order valence-corrected chi connectivity index (χ4v) is 5.26. The summed E-state index contributed by atoms with van der Waals surface area (Å²) >= 11 is 0. The summed E-state index contributed by atoms with van der Waals surface area (Å²) in [6.07, 6.45) is 6.42. The summed E-state index contributed by atoms with van der Waals surface area (Å²) in [5, 5.41) is 0. The smallest absolute Gasteiger partial charge is 0.347 e. The van der Waals surface area contributed by atoms with Gasteiger partial charge in [0.1, 0.15) is 0 Å². The lowest BCUT2D eigenvalue weighted by Crippen LogP contribution is -2.32. The molecule has 2 aromatic rings. The van der Waals surface area contributed by atoms with Crippen LogP contribution in [0.25, 0.3) is 0 Å². The van der Waals surface area contributed by atoms with Gasteiger partial charge in [0.2, 0.25) is 0 Å². The molecule has 0 amide bonds. The van der Waals surface area contributed by atoms with Crippen molar-refractivity contribution < 1.29 is 28.7 Å². The first-order valence-electron chi connectivity index (χ1n) is 10.3. The molecule has 2 aliphatic heterocycles. The van der Waals surface area contributed by atoms with Crippen LogP contribution in [0.2, 0.25) is 0 Å². The van der Waals surface area contributed by atoms with E-state index < -0.39 is 29.3 Å². The summed E-state index contributed by atoms with van der Waals surface area (Å²) in [5.41, 5.74) is 1.76. The zero-order valence-corrected chi connectivity index (χ0v) is 16.4. The van der Waals surface area contributed by atoms with Gasteiger partial charge in [-0.15, -0.1) is 0 Å². The average molecular weight is 404 g/mol. The van der Waals surface area contributed by atoms with Crippen LogP contribution in [0.5, 0.6) is 0 Å². The quantitative estimate of drug-likeness (QED) is 0.547. The van der Waals surface area contributed by atoms with Crippen molar-refractivity contribution in [2.45, 2.75) is 50.4 Å². The highest BCUT2D eigenvalue weighted by atomic mass is 16.6. The minimum atomic E-state index is -0.690. The highest BCUT2D eigenvalue weighted by Gasteiger charge is 2.46. The number of fused-ring (bicyclic) bond motifs is 2. The molecule has 0 spiro atoms. The van der Waals surface area contributed by atoms with E-state index >= 15 is 0 Å². The number of carbonyl (C=O) groups excluding carboxylic acids is 4. The number of carbonyl (C=O) groups is 4. The Morgan fingerprint density at radius 1 is 0.567 bits per heavy atom. The first kappa shape index (κ1) is 18.7. The van der Waals surface area contributed by atoms with Crippen LogP contribution in [0.3, 0.4) is 0 Å². The second-order valence-corrected chi connectivity index (χ2v) is 8.16. The number of esters is 4. The van der Waals surface area contributed by atoms with Gasteiger partial charge in [-0.1, -0.05) is 56.4 Å². The fraction of sp³-hybridized carbons (Fsp3) is 0.333. The molecule has 1 saturated carbocycles. The molecule has 6 nitrogen and oxygen atoms in total. The Hall–Kier alpha value is -3.28. The molecule has 0 aromatic heterocycles. The third-order valence-corrected chi connectivity index (χ3v) is 6.59. The third kappa shape index (κ3) is 2.63. The van der Waals surface area contributed by atoms with Gasteiger partial charge in [0, 0.05) is 5.41 Å². The highest BCUT2D eigenvalue weighted by Crippen LogP contribution is 2.48. The minimum absolute atomic E-state index is 0.255. The topological polar surface area (TPSA) is 86.7 Å². The Balaban J connectivity index is 1.81. The van der Waals surface area contributed by atoms with Gasteiger partial charge in [0.05, 0.1) is 22.3 Å². The predicted molar refractivity (Wildman–Crippen MR) is 105 cm³/mol. The van der Waals surface area contributed by atoms with E-state index in [-0.39, 0.29) is 22.3 Å². The lowest BCUT2D eigenvalue weighted by atomic mass is 9.64. The zero-order chi connectivity index (χ0) is 20.9.